The number of carbonyl (C=O) groups is 1. The van der Waals surface area contributed by atoms with Crippen molar-refractivity contribution in [1.29, 1.82) is 0 Å². The van der Waals surface area contributed by atoms with Gasteiger partial charge in [-0.1, -0.05) is 6.07 Å². The maximum Gasteiger partial charge on any atom is 0.324 e. The number of phenols is 1. The highest BCUT2D eigenvalue weighted by atomic mass is 32.2. The van der Waals surface area contributed by atoms with E-state index in [1.54, 1.807) is 16.8 Å². The lowest BCUT2D eigenvalue weighted by Gasteiger charge is -2.36. The predicted octanol–water partition coefficient (Wildman–Crippen LogP) is 1.59. The summed E-state index contributed by atoms with van der Waals surface area (Å²) in [5.74, 6) is -0.187. The Morgan fingerprint density at radius 3 is 2.32 bits per heavy atom. The highest BCUT2D eigenvalue weighted by Crippen LogP contribution is 2.20. The van der Waals surface area contributed by atoms with E-state index in [0.29, 0.717) is 12.1 Å². The second kappa shape index (κ2) is 8.32. The number of aromatic hydroxyl groups is 1. The van der Waals surface area contributed by atoms with Gasteiger partial charge in [-0.2, -0.15) is 8.42 Å². The molecule has 0 radical (unpaired) electrons. The molecule has 1 heterocycles. The first-order valence-electron chi connectivity index (χ1n) is 7.59. The summed E-state index contributed by atoms with van der Waals surface area (Å²) in [6.45, 7) is 5.76. The van der Waals surface area contributed by atoms with Crippen LogP contribution >= 0.6 is 0 Å². The van der Waals surface area contributed by atoms with Gasteiger partial charge in [-0.15, -0.1) is 0 Å². The highest BCUT2D eigenvalue weighted by molar-refractivity contribution is 7.85. The summed E-state index contributed by atoms with van der Waals surface area (Å²) in [5, 5.41) is 17.7. The number of aryl methyl sites for hydroxylation is 1. The van der Waals surface area contributed by atoms with Crippen LogP contribution in [0.3, 0.4) is 0 Å². The Labute approximate surface area is 147 Å². The van der Waals surface area contributed by atoms with Crippen molar-refractivity contribution in [3.05, 3.63) is 35.5 Å². The lowest BCUT2D eigenvalue weighted by atomic mass is 10.2. The lowest BCUT2D eigenvalue weighted by molar-refractivity contribution is 0.148. The van der Waals surface area contributed by atoms with Crippen LogP contribution in [0.4, 0.5) is 4.79 Å². The Hall–Kier alpha value is -2.10. The van der Waals surface area contributed by atoms with Crippen LogP contribution < -0.4 is 0 Å². The molecule has 1 aromatic carbocycles. The van der Waals surface area contributed by atoms with Crippen molar-refractivity contribution in [2.24, 2.45) is 0 Å². The number of hydrogen-bond donors (Lipinski definition) is 3. The molecule has 1 aliphatic rings. The number of amides is 2. The first-order valence-corrected chi connectivity index (χ1v) is 9.03. The number of urea groups is 1. The van der Waals surface area contributed by atoms with Crippen LogP contribution in [0.5, 0.6) is 5.75 Å². The Balaban J connectivity index is 0.000000251. The van der Waals surface area contributed by atoms with Crippen molar-refractivity contribution in [3.8, 4) is 5.75 Å². The van der Waals surface area contributed by atoms with E-state index in [4.69, 9.17) is 14.8 Å². The number of hydrogen-bond acceptors (Lipinski definition) is 5. The van der Waals surface area contributed by atoms with Crippen LogP contribution in [-0.2, 0) is 10.1 Å². The van der Waals surface area contributed by atoms with E-state index in [2.05, 4.69) is 0 Å². The van der Waals surface area contributed by atoms with Gasteiger partial charge in [0.2, 0.25) is 0 Å². The topological polar surface area (TPSA) is 118 Å². The first kappa shape index (κ1) is 20.9. The Kier molecular flexibility index (Phi) is 6.97. The Morgan fingerprint density at radius 2 is 1.84 bits per heavy atom. The molecule has 0 fully saturated rings. The fourth-order valence-electron chi connectivity index (χ4n) is 2.30. The van der Waals surface area contributed by atoms with Crippen molar-refractivity contribution in [2.75, 3.05) is 20.2 Å². The van der Waals surface area contributed by atoms with Crippen LogP contribution in [-0.4, -0.2) is 65.3 Å². The van der Waals surface area contributed by atoms with Gasteiger partial charge in [0, 0.05) is 18.8 Å². The zero-order chi connectivity index (χ0) is 19.4. The smallest absolute Gasteiger partial charge is 0.324 e. The Bertz CT molecular complexity index is 760. The SMILES string of the molecule is CC1=CC(C)N(C)C(=O)N1CCO.Cc1ccc(O)cc1S(=O)(=O)O. The molecule has 2 rings (SSSR count). The standard InChI is InChI=1S/C9H16N2O2.C7H8O4S/c1-7-6-8(2)11(4-5-12)9(13)10(7)3;1-5-2-3-6(8)4-7(5)12(9,10)11/h6-7,12H,4-5H2,1-3H3;2-4,8H,1H3,(H,9,10,11). The number of carbonyl (C=O) groups excluding carboxylic acids is 1. The average molecular weight is 372 g/mol. The molecule has 0 saturated carbocycles. The summed E-state index contributed by atoms with van der Waals surface area (Å²) < 4.78 is 30.0. The predicted molar refractivity (Wildman–Crippen MR) is 92.8 cm³/mol. The molecule has 1 atom stereocenters. The summed E-state index contributed by atoms with van der Waals surface area (Å²) in [6, 6.07) is 3.87. The number of β-amino-alcohol motifs (C(OH)–C–C–N with tert-alkyl or cyclic N) is 1. The molecular formula is C16H24N2O6S. The van der Waals surface area contributed by atoms with Crippen molar-refractivity contribution in [3.63, 3.8) is 0 Å². The number of nitrogens with zero attached hydrogens (tertiary/aromatic N) is 2. The molecule has 0 aromatic heterocycles. The third kappa shape index (κ3) is 5.45. The summed E-state index contributed by atoms with van der Waals surface area (Å²) in [5.41, 5.74) is 1.32. The normalized spacial score (nSPS) is 17.8. The monoisotopic (exact) mass is 372 g/mol. The quantitative estimate of drug-likeness (QED) is 0.693. The average Bonchev–Trinajstić information content (AvgIpc) is 2.51. The van der Waals surface area contributed by atoms with E-state index in [9.17, 15) is 13.2 Å². The van der Waals surface area contributed by atoms with Gasteiger partial charge in [-0.05, 0) is 38.5 Å². The van der Waals surface area contributed by atoms with E-state index >= 15 is 0 Å². The van der Waals surface area contributed by atoms with Crippen molar-refractivity contribution >= 4 is 16.1 Å². The molecule has 25 heavy (non-hydrogen) atoms. The molecule has 9 heteroatoms. The van der Waals surface area contributed by atoms with E-state index in [0.717, 1.165) is 11.8 Å². The van der Waals surface area contributed by atoms with Crippen LogP contribution in [0.2, 0.25) is 0 Å². The summed E-state index contributed by atoms with van der Waals surface area (Å²) in [6.07, 6.45) is 2.01. The van der Waals surface area contributed by atoms with Crippen LogP contribution in [0.25, 0.3) is 0 Å². The fraction of sp³-hybridized carbons (Fsp3) is 0.438. The molecule has 1 aromatic rings. The lowest BCUT2D eigenvalue weighted by Crippen LogP contribution is -2.48. The molecule has 0 aliphatic carbocycles. The molecule has 0 saturated heterocycles. The van der Waals surface area contributed by atoms with Gasteiger partial charge in [-0.25, -0.2) is 4.79 Å². The second-order valence-corrected chi connectivity index (χ2v) is 7.13. The number of aliphatic hydroxyl groups is 1. The van der Waals surface area contributed by atoms with Gasteiger partial charge in [0.05, 0.1) is 19.2 Å². The minimum absolute atomic E-state index is 0.000852. The summed E-state index contributed by atoms with van der Waals surface area (Å²) in [7, 11) is -2.45. The molecule has 8 nitrogen and oxygen atoms in total. The Morgan fingerprint density at radius 1 is 1.24 bits per heavy atom. The van der Waals surface area contributed by atoms with E-state index in [1.165, 1.54) is 19.1 Å². The first-order chi connectivity index (χ1) is 11.5. The molecule has 1 aliphatic heterocycles. The number of rotatable bonds is 3. The summed E-state index contributed by atoms with van der Waals surface area (Å²) in [4.78, 5) is 14.6. The maximum atomic E-state index is 11.6. The van der Waals surface area contributed by atoms with E-state index < -0.39 is 10.1 Å². The molecule has 2 amide bonds. The van der Waals surface area contributed by atoms with Crippen LogP contribution in [0.15, 0.2) is 34.9 Å². The van der Waals surface area contributed by atoms with Crippen molar-refractivity contribution in [2.45, 2.75) is 31.7 Å². The third-order valence-electron chi connectivity index (χ3n) is 3.82. The maximum absolute atomic E-state index is 11.6. The molecule has 140 valence electrons. The van der Waals surface area contributed by atoms with Crippen LogP contribution in [0, 0.1) is 6.92 Å². The molecule has 0 spiro atoms. The van der Waals surface area contributed by atoms with Crippen molar-refractivity contribution < 1.29 is 28.0 Å². The van der Waals surface area contributed by atoms with Gasteiger partial charge in [-0.3, -0.25) is 9.45 Å². The largest absolute Gasteiger partial charge is 0.508 e. The second-order valence-electron chi connectivity index (χ2n) is 5.74. The zero-order valence-corrected chi connectivity index (χ0v) is 15.5. The van der Waals surface area contributed by atoms with Crippen LogP contribution in [0.1, 0.15) is 19.4 Å². The zero-order valence-electron chi connectivity index (χ0n) is 14.7. The number of phenolic OH excluding ortho intramolecular Hbond substituents is 1. The third-order valence-corrected chi connectivity index (χ3v) is 4.82. The minimum Gasteiger partial charge on any atom is -0.508 e. The summed E-state index contributed by atoms with van der Waals surface area (Å²) >= 11 is 0. The molecule has 3 N–H and O–H groups in total. The van der Waals surface area contributed by atoms with E-state index in [1.807, 2.05) is 19.9 Å². The van der Waals surface area contributed by atoms with Gasteiger partial charge < -0.3 is 15.1 Å². The molecular weight excluding hydrogens is 348 g/mol. The van der Waals surface area contributed by atoms with E-state index in [-0.39, 0.29) is 29.3 Å². The van der Waals surface area contributed by atoms with Gasteiger partial charge >= 0.3 is 6.03 Å². The molecule has 1 unspecified atom stereocenters. The minimum atomic E-state index is -4.22. The molecule has 0 bridgehead atoms. The number of allylic oxidation sites excluding steroid dienone is 1. The van der Waals surface area contributed by atoms with Crippen molar-refractivity contribution in [1.82, 2.24) is 9.80 Å². The van der Waals surface area contributed by atoms with Gasteiger partial charge in [0.15, 0.2) is 0 Å². The number of aliphatic hydroxyl groups excluding tert-OH is 1. The fourth-order valence-corrected chi connectivity index (χ4v) is 3.05. The number of benzene rings is 1. The highest BCUT2D eigenvalue weighted by Gasteiger charge is 2.26. The number of likely N-dealkylation sites (N-methyl/N-ethyl adjacent to an activating group) is 1. The van der Waals surface area contributed by atoms with Gasteiger partial charge in [0.25, 0.3) is 10.1 Å². The van der Waals surface area contributed by atoms with Gasteiger partial charge in [0.1, 0.15) is 10.6 Å².